The molecule has 10 heteroatoms. The summed E-state index contributed by atoms with van der Waals surface area (Å²) in [5, 5.41) is 5.47. The topological polar surface area (TPSA) is 114 Å². The third kappa shape index (κ3) is 7.47. The zero-order valence-corrected chi connectivity index (χ0v) is 20.1. The van der Waals surface area contributed by atoms with Crippen molar-refractivity contribution in [1.29, 1.82) is 0 Å². The average Bonchev–Trinajstić information content (AvgIpc) is 2.77. The monoisotopic (exact) mass is 477 g/mol. The van der Waals surface area contributed by atoms with Crippen molar-refractivity contribution >= 4 is 33.2 Å². The van der Waals surface area contributed by atoms with E-state index in [0.29, 0.717) is 43.3 Å². The van der Waals surface area contributed by atoms with Crippen LogP contribution in [0.4, 0.5) is 11.4 Å². The van der Waals surface area contributed by atoms with Gasteiger partial charge in [-0.25, -0.2) is 8.42 Å². The number of hydrogen-bond donors (Lipinski definition) is 2. The summed E-state index contributed by atoms with van der Waals surface area (Å²) in [5.74, 6) is -0.327. The van der Waals surface area contributed by atoms with Crippen LogP contribution in [0, 0.1) is 0 Å². The van der Waals surface area contributed by atoms with Gasteiger partial charge in [0.1, 0.15) is 11.8 Å². The van der Waals surface area contributed by atoms with E-state index in [9.17, 15) is 18.0 Å². The molecule has 0 aromatic heterocycles. The van der Waals surface area contributed by atoms with Gasteiger partial charge in [0, 0.05) is 20.3 Å². The van der Waals surface area contributed by atoms with Gasteiger partial charge in [0.25, 0.3) is 5.91 Å². The molecule has 0 fully saturated rings. The maximum atomic E-state index is 13.0. The van der Waals surface area contributed by atoms with Crippen LogP contribution in [0.1, 0.15) is 30.6 Å². The molecule has 2 aromatic rings. The number of amides is 2. The van der Waals surface area contributed by atoms with Crippen LogP contribution >= 0.6 is 0 Å². The van der Waals surface area contributed by atoms with Crippen molar-refractivity contribution in [2.24, 2.45) is 0 Å². The average molecular weight is 478 g/mol. The van der Waals surface area contributed by atoms with E-state index in [2.05, 4.69) is 10.6 Å². The molecule has 0 radical (unpaired) electrons. The first kappa shape index (κ1) is 26.1. The number of rotatable bonds is 12. The Balaban J connectivity index is 2.21. The zero-order chi connectivity index (χ0) is 24.4. The van der Waals surface area contributed by atoms with Gasteiger partial charge < -0.3 is 20.1 Å². The Morgan fingerprint density at radius 3 is 2.36 bits per heavy atom. The normalized spacial score (nSPS) is 12.0. The minimum atomic E-state index is -3.78. The Kier molecular flexibility index (Phi) is 9.68. The lowest BCUT2D eigenvalue weighted by atomic mass is 10.1. The molecule has 2 aromatic carbocycles. The van der Waals surface area contributed by atoms with E-state index in [1.54, 1.807) is 55.6 Å². The number of nitrogens with zero attached hydrogens (tertiary/aromatic N) is 1. The molecule has 2 rings (SSSR count). The second-order valence-corrected chi connectivity index (χ2v) is 9.16. The van der Waals surface area contributed by atoms with Gasteiger partial charge in [-0.3, -0.25) is 13.9 Å². The van der Waals surface area contributed by atoms with Crippen LogP contribution in [-0.4, -0.2) is 59.4 Å². The van der Waals surface area contributed by atoms with Gasteiger partial charge in [-0.1, -0.05) is 12.1 Å². The molecule has 0 spiro atoms. The summed E-state index contributed by atoms with van der Waals surface area (Å²) in [7, 11) is -2.20. The van der Waals surface area contributed by atoms with Crippen LogP contribution < -0.4 is 19.7 Å². The van der Waals surface area contributed by atoms with Gasteiger partial charge in [0.05, 0.1) is 29.8 Å². The van der Waals surface area contributed by atoms with Crippen molar-refractivity contribution in [3.63, 3.8) is 0 Å². The molecule has 0 aliphatic carbocycles. The molecule has 0 saturated carbocycles. The maximum Gasteiger partial charge on any atom is 0.253 e. The molecule has 180 valence electrons. The highest BCUT2D eigenvalue weighted by Crippen LogP contribution is 2.25. The van der Waals surface area contributed by atoms with Crippen LogP contribution in [0.3, 0.4) is 0 Å². The molecular weight excluding hydrogens is 446 g/mol. The van der Waals surface area contributed by atoms with Gasteiger partial charge in [0.15, 0.2) is 0 Å². The van der Waals surface area contributed by atoms with Crippen LogP contribution in [0.2, 0.25) is 0 Å². The number of sulfonamides is 1. The number of anilines is 2. The van der Waals surface area contributed by atoms with Crippen LogP contribution in [0.5, 0.6) is 5.75 Å². The minimum Gasteiger partial charge on any atom is -0.494 e. The maximum absolute atomic E-state index is 13.0. The van der Waals surface area contributed by atoms with Gasteiger partial charge in [0.2, 0.25) is 15.9 Å². The Labute approximate surface area is 195 Å². The van der Waals surface area contributed by atoms with E-state index in [-0.39, 0.29) is 11.5 Å². The zero-order valence-electron chi connectivity index (χ0n) is 19.3. The molecule has 2 N–H and O–H groups in total. The van der Waals surface area contributed by atoms with Crippen molar-refractivity contribution in [3.05, 3.63) is 54.1 Å². The van der Waals surface area contributed by atoms with Crippen molar-refractivity contribution in [1.82, 2.24) is 5.32 Å². The molecule has 0 saturated heterocycles. The van der Waals surface area contributed by atoms with Gasteiger partial charge in [-0.2, -0.15) is 0 Å². The van der Waals surface area contributed by atoms with Crippen molar-refractivity contribution in [3.8, 4) is 5.75 Å². The Bertz CT molecular complexity index is 1040. The van der Waals surface area contributed by atoms with Crippen LogP contribution in [0.15, 0.2) is 48.5 Å². The van der Waals surface area contributed by atoms with Crippen LogP contribution in [0.25, 0.3) is 0 Å². The molecule has 0 unspecified atom stereocenters. The smallest absolute Gasteiger partial charge is 0.253 e. The Morgan fingerprint density at radius 1 is 1.09 bits per heavy atom. The number of para-hydroxylation sites is 1. The molecule has 2 amide bonds. The van der Waals surface area contributed by atoms with E-state index in [1.165, 1.54) is 6.92 Å². The number of methoxy groups -OCH3 is 1. The number of hydrogen-bond acceptors (Lipinski definition) is 6. The van der Waals surface area contributed by atoms with Gasteiger partial charge in [-0.05, 0) is 56.7 Å². The van der Waals surface area contributed by atoms with Gasteiger partial charge >= 0.3 is 0 Å². The van der Waals surface area contributed by atoms with Crippen molar-refractivity contribution in [2.45, 2.75) is 26.3 Å². The number of ether oxygens (including phenoxy) is 2. The highest BCUT2D eigenvalue weighted by molar-refractivity contribution is 7.92. The quantitative estimate of drug-likeness (QED) is 0.454. The predicted octanol–water partition coefficient (Wildman–Crippen LogP) is 2.64. The molecule has 0 bridgehead atoms. The second-order valence-electron chi connectivity index (χ2n) is 7.30. The first-order valence-corrected chi connectivity index (χ1v) is 12.4. The molecular formula is C23H31N3O6S. The SMILES string of the molecule is CCOc1ccc(N([C@@H](C)C(=O)Nc2ccccc2C(=O)NCCCOC)S(C)(=O)=O)cc1. The minimum absolute atomic E-state index is 0.280. The summed E-state index contributed by atoms with van der Waals surface area (Å²) >= 11 is 0. The van der Waals surface area contributed by atoms with E-state index in [0.717, 1.165) is 10.6 Å². The molecule has 33 heavy (non-hydrogen) atoms. The second kappa shape index (κ2) is 12.2. The first-order valence-electron chi connectivity index (χ1n) is 10.6. The predicted molar refractivity (Wildman–Crippen MR) is 128 cm³/mol. The summed E-state index contributed by atoms with van der Waals surface area (Å²) < 4.78 is 36.5. The standard InChI is InChI=1S/C23H31N3O6S/c1-5-32-19-13-11-18(12-14-19)26(33(4,29)30)17(2)22(27)25-21-10-7-6-9-20(21)23(28)24-15-8-16-31-3/h6-7,9-14,17H,5,8,15-16H2,1-4H3,(H,24,28)(H,25,27)/t17-/m0/s1. The Hall–Kier alpha value is -3.11. The fourth-order valence-electron chi connectivity index (χ4n) is 3.21. The van der Waals surface area contributed by atoms with Crippen molar-refractivity contribution < 1.29 is 27.5 Å². The fraction of sp³-hybridized carbons (Fsp3) is 0.391. The van der Waals surface area contributed by atoms with Crippen molar-refractivity contribution in [2.75, 3.05) is 42.7 Å². The fourth-order valence-corrected chi connectivity index (χ4v) is 4.38. The number of carbonyl (C=O) groups is 2. The van der Waals surface area contributed by atoms with E-state index >= 15 is 0 Å². The number of benzene rings is 2. The molecule has 1 atom stereocenters. The lowest BCUT2D eigenvalue weighted by molar-refractivity contribution is -0.116. The Morgan fingerprint density at radius 2 is 1.76 bits per heavy atom. The summed E-state index contributed by atoms with van der Waals surface area (Å²) in [4.78, 5) is 25.6. The highest BCUT2D eigenvalue weighted by Gasteiger charge is 2.29. The summed E-state index contributed by atoms with van der Waals surface area (Å²) in [6, 6.07) is 11.9. The number of nitrogens with one attached hydrogen (secondary N) is 2. The highest BCUT2D eigenvalue weighted by atomic mass is 32.2. The third-order valence-electron chi connectivity index (χ3n) is 4.73. The largest absolute Gasteiger partial charge is 0.494 e. The van der Waals surface area contributed by atoms with E-state index in [4.69, 9.17) is 9.47 Å². The molecule has 0 aliphatic heterocycles. The van der Waals surface area contributed by atoms with E-state index in [1.807, 2.05) is 6.92 Å². The molecule has 0 heterocycles. The van der Waals surface area contributed by atoms with E-state index < -0.39 is 22.0 Å². The van der Waals surface area contributed by atoms with Gasteiger partial charge in [-0.15, -0.1) is 0 Å². The molecule has 9 nitrogen and oxygen atoms in total. The summed E-state index contributed by atoms with van der Waals surface area (Å²) in [5.41, 5.74) is 0.897. The van der Waals surface area contributed by atoms with Crippen LogP contribution in [-0.2, 0) is 19.6 Å². The summed E-state index contributed by atoms with van der Waals surface area (Å²) in [6.45, 7) is 4.75. The lowest BCUT2D eigenvalue weighted by Gasteiger charge is -2.28. The third-order valence-corrected chi connectivity index (χ3v) is 5.97. The summed E-state index contributed by atoms with van der Waals surface area (Å²) in [6.07, 6.45) is 1.69. The molecule has 0 aliphatic rings. The first-order chi connectivity index (χ1) is 15.7. The lowest BCUT2D eigenvalue weighted by Crippen LogP contribution is -2.45. The number of carbonyl (C=O) groups excluding carboxylic acids is 2.